The zero-order valence-electron chi connectivity index (χ0n) is 16.3. The molecule has 4 rings (SSSR count). The van der Waals surface area contributed by atoms with Crippen LogP contribution in [0.5, 0.6) is 5.75 Å². The van der Waals surface area contributed by atoms with Crippen LogP contribution in [0, 0.1) is 11.8 Å². The Labute approximate surface area is 167 Å². The number of benzene rings is 2. The molecule has 0 unspecified atom stereocenters. The first-order valence-electron chi connectivity index (χ1n) is 10.4. The van der Waals surface area contributed by atoms with Crippen molar-refractivity contribution in [1.29, 1.82) is 0 Å². The van der Waals surface area contributed by atoms with Crippen molar-refractivity contribution >= 4 is 5.91 Å². The highest BCUT2D eigenvalue weighted by molar-refractivity contribution is 5.76. The fourth-order valence-electron chi connectivity index (χ4n) is 4.90. The second-order valence-electron chi connectivity index (χ2n) is 8.11. The smallest absolute Gasteiger partial charge is 0.222 e. The van der Waals surface area contributed by atoms with Crippen molar-refractivity contribution in [2.75, 3.05) is 19.7 Å². The van der Waals surface area contributed by atoms with E-state index in [1.807, 2.05) is 65.6 Å². The molecule has 0 spiro atoms. The molecule has 1 saturated heterocycles. The average Bonchev–Trinajstić information content (AvgIpc) is 3.19. The third kappa shape index (κ3) is 3.93. The molecule has 1 amide bonds. The van der Waals surface area contributed by atoms with Crippen LogP contribution in [-0.4, -0.2) is 35.6 Å². The number of aliphatic hydroxyl groups is 1. The van der Waals surface area contributed by atoms with Gasteiger partial charge < -0.3 is 14.7 Å². The zero-order chi connectivity index (χ0) is 19.4. The molecule has 3 atom stereocenters. The SMILES string of the molecule is O=C(CCCOc1ccccc1)N1C[C@@H]2CCC[C@@](O)(c3ccccc3)[C@@H]2C1. The highest BCUT2D eigenvalue weighted by atomic mass is 16.5. The molecule has 1 heterocycles. The Bertz CT molecular complexity index is 779. The van der Waals surface area contributed by atoms with Gasteiger partial charge in [0, 0.05) is 25.4 Å². The highest BCUT2D eigenvalue weighted by Crippen LogP contribution is 2.48. The third-order valence-electron chi connectivity index (χ3n) is 6.36. The number of hydrogen-bond donors (Lipinski definition) is 1. The number of para-hydroxylation sites is 1. The van der Waals surface area contributed by atoms with Gasteiger partial charge in [0.15, 0.2) is 0 Å². The standard InChI is InChI=1S/C24H29NO3/c26-23(14-8-16-28-21-12-5-2-6-13-21)25-17-19-9-7-15-24(27,22(19)18-25)20-10-3-1-4-11-20/h1-6,10-13,19,22,27H,7-9,14-18H2/t19-,22+,24+/m0/s1. The Kier molecular flexibility index (Phi) is 5.67. The van der Waals surface area contributed by atoms with E-state index in [9.17, 15) is 9.90 Å². The van der Waals surface area contributed by atoms with Gasteiger partial charge in [0.1, 0.15) is 5.75 Å². The van der Waals surface area contributed by atoms with Gasteiger partial charge >= 0.3 is 0 Å². The summed E-state index contributed by atoms with van der Waals surface area (Å²) in [4.78, 5) is 14.7. The number of nitrogens with zero attached hydrogens (tertiary/aromatic N) is 1. The van der Waals surface area contributed by atoms with Gasteiger partial charge in [-0.3, -0.25) is 4.79 Å². The molecule has 1 aliphatic heterocycles. The maximum atomic E-state index is 12.7. The van der Waals surface area contributed by atoms with Gasteiger partial charge in [0.25, 0.3) is 0 Å². The summed E-state index contributed by atoms with van der Waals surface area (Å²) >= 11 is 0. The number of hydrogen-bond acceptors (Lipinski definition) is 3. The predicted molar refractivity (Wildman–Crippen MR) is 109 cm³/mol. The van der Waals surface area contributed by atoms with Crippen molar-refractivity contribution < 1.29 is 14.6 Å². The fraction of sp³-hybridized carbons (Fsp3) is 0.458. The number of amides is 1. The van der Waals surface area contributed by atoms with Crippen LogP contribution in [-0.2, 0) is 10.4 Å². The fourth-order valence-corrected chi connectivity index (χ4v) is 4.90. The van der Waals surface area contributed by atoms with Gasteiger partial charge in [0.05, 0.1) is 12.2 Å². The highest BCUT2D eigenvalue weighted by Gasteiger charge is 2.50. The second kappa shape index (κ2) is 8.36. The molecule has 2 aromatic rings. The molecule has 1 saturated carbocycles. The molecule has 148 valence electrons. The molecule has 2 fully saturated rings. The number of rotatable bonds is 6. The lowest BCUT2D eigenvalue weighted by Crippen LogP contribution is -2.42. The van der Waals surface area contributed by atoms with Crippen molar-refractivity contribution in [2.45, 2.75) is 37.7 Å². The summed E-state index contributed by atoms with van der Waals surface area (Å²) in [6.07, 6.45) is 4.10. The van der Waals surface area contributed by atoms with Crippen LogP contribution in [0.4, 0.5) is 0 Å². The van der Waals surface area contributed by atoms with Crippen molar-refractivity contribution in [3.8, 4) is 5.75 Å². The van der Waals surface area contributed by atoms with Gasteiger partial charge in [-0.2, -0.15) is 0 Å². The Hall–Kier alpha value is -2.33. The molecule has 1 aliphatic carbocycles. The first kappa shape index (κ1) is 19.0. The molecule has 0 aromatic heterocycles. The Morgan fingerprint density at radius 1 is 1.07 bits per heavy atom. The van der Waals surface area contributed by atoms with Crippen molar-refractivity contribution in [2.24, 2.45) is 11.8 Å². The normalized spacial score (nSPS) is 26.7. The molecule has 0 bridgehead atoms. The van der Waals surface area contributed by atoms with Gasteiger partial charge in [-0.05, 0) is 49.3 Å². The molecule has 4 heteroatoms. The van der Waals surface area contributed by atoms with Gasteiger partial charge in [-0.15, -0.1) is 0 Å². The van der Waals surface area contributed by atoms with Crippen LogP contribution < -0.4 is 4.74 Å². The van der Waals surface area contributed by atoms with Crippen LogP contribution in [0.2, 0.25) is 0 Å². The van der Waals surface area contributed by atoms with Gasteiger partial charge in [-0.1, -0.05) is 48.5 Å². The van der Waals surface area contributed by atoms with E-state index in [0.29, 0.717) is 31.9 Å². The first-order chi connectivity index (χ1) is 13.7. The van der Waals surface area contributed by atoms with E-state index in [1.54, 1.807) is 0 Å². The lowest BCUT2D eigenvalue weighted by molar-refractivity contribution is -0.131. The maximum Gasteiger partial charge on any atom is 0.222 e. The number of carbonyl (C=O) groups is 1. The molecular weight excluding hydrogens is 350 g/mol. The summed E-state index contributed by atoms with van der Waals surface area (Å²) in [5.41, 5.74) is 0.186. The van der Waals surface area contributed by atoms with Crippen molar-refractivity contribution in [1.82, 2.24) is 4.90 Å². The molecular formula is C24H29NO3. The van der Waals surface area contributed by atoms with Gasteiger partial charge in [-0.25, -0.2) is 0 Å². The largest absolute Gasteiger partial charge is 0.494 e. The lowest BCUT2D eigenvalue weighted by atomic mass is 9.67. The first-order valence-corrected chi connectivity index (χ1v) is 10.4. The van der Waals surface area contributed by atoms with E-state index >= 15 is 0 Å². The van der Waals surface area contributed by atoms with Crippen LogP contribution in [0.1, 0.15) is 37.7 Å². The molecule has 2 aromatic carbocycles. The van der Waals surface area contributed by atoms with Gasteiger partial charge in [0.2, 0.25) is 5.91 Å². The van der Waals surface area contributed by atoms with Crippen LogP contribution in [0.25, 0.3) is 0 Å². The summed E-state index contributed by atoms with van der Waals surface area (Å²) in [5.74, 6) is 1.55. The molecule has 4 nitrogen and oxygen atoms in total. The minimum absolute atomic E-state index is 0.133. The minimum Gasteiger partial charge on any atom is -0.494 e. The number of carbonyl (C=O) groups excluding carboxylic acids is 1. The summed E-state index contributed by atoms with van der Waals surface area (Å²) in [5, 5.41) is 11.5. The van der Waals surface area contributed by atoms with Crippen molar-refractivity contribution in [3.63, 3.8) is 0 Å². The topological polar surface area (TPSA) is 49.8 Å². The lowest BCUT2D eigenvalue weighted by Gasteiger charge is -2.41. The quantitative estimate of drug-likeness (QED) is 0.772. The van der Waals surface area contributed by atoms with Crippen LogP contribution >= 0.6 is 0 Å². The number of fused-ring (bicyclic) bond motifs is 1. The summed E-state index contributed by atoms with van der Waals surface area (Å²) in [7, 11) is 0. The second-order valence-corrected chi connectivity index (χ2v) is 8.11. The Morgan fingerprint density at radius 2 is 1.79 bits per heavy atom. The Balaban J connectivity index is 1.33. The number of likely N-dealkylation sites (tertiary alicyclic amines) is 1. The maximum absolute atomic E-state index is 12.7. The summed E-state index contributed by atoms with van der Waals surface area (Å²) in [6.45, 7) is 1.98. The van der Waals surface area contributed by atoms with E-state index in [-0.39, 0.29) is 11.8 Å². The van der Waals surface area contributed by atoms with E-state index in [0.717, 1.165) is 37.1 Å². The van der Waals surface area contributed by atoms with E-state index < -0.39 is 5.60 Å². The third-order valence-corrected chi connectivity index (χ3v) is 6.36. The average molecular weight is 380 g/mol. The molecule has 2 aliphatic rings. The van der Waals surface area contributed by atoms with E-state index in [4.69, 9.17) is 4.74 Å². The summed E-state index contributed by atoms with van der Waals surface area (Å²) in [6, 6.07) is 19.7. The van der Waals surface area contributed by atoms with E-state index in [2.05, 4.69) is 0 Å². The van der Waals surface area contributed by atoms with E-state index in [1.165, 1.54) is 0 Å². The molecule has 1 N–H and O–H groups in total. The Morgan fingerprint density at radius 3 is 2.54 bits per heavy atom. The predicted octanol–water partition coefficient (Wildman–Crippen LogP) is 3.99. The summed E-state index contributed by atoms with van der Waals surface area (Å²) < 4.78 is 5.69. The van der Waals surface area contributed by atoms with Crippen molar-refractivity contribution in [3.05, 3.63) is 66.2 Å². The minimum atomic E-state index is -0.810. The monoisotopic (exact) mass is 379 g/mol. The van der Waals surface area contributed by atoms with Crippen LogP contribution in [0.15, 0.2) is 60.7 Å². The van der Waals surface area contributed by atoms with Crippen LogP contribution in [0.3, 0.4) is 0 Å². The molecule has 0 radical (unpaired) electrons. The molecule has 28 heavy (non-hydrogen) atoms. The zero-order valence-corrected chi connectivity index (χ0v) is 16.3. The number of ether oxygens (including phenoxy) is 1.